The molecule has 0 N–H and O–H groups in total. The van der Waals surface area contributed by atoms with E-state index >= 15 is 0 Å². The van der Waals surface area contributed by atoms with Gasteiger partial charge in [-0.15, -0.1) is 0 Å². The van der Waals surface area contributed by atoms with Crippen LogP contribution in [0.25, 0.3) is 0 Å². The zero-order valence-electron chi connectivity index (χ0n) is 15.4. The third-order valence-electron chi connectivity index (χ3n) is 4.91. The number of nitrogens with zero attached hydrogens (tertiary/aromatic N) is 3. The summed E-state index contributed by atoms with van der Waals surface area (Å²) in [6.07, 6.45) is 3.45. The summed E-state index contributed by atoms with van der Waals surface area (Å²) in [5.74, 6) is -0.659. The molecule has 1 fully saturated rings. The summed E-state index contributed by atoms with van der Waals surface area (Å²) in [5, 5.41) is 0. The van der Waals surface area contributed by atoms with Gasteiger partial charge in [-0.2, -0.15) is 0 Å². The number of piperazine rings is 1. The Morgan fingerprint density at radius 2 is 1.85 bits per heavy atom. The summed E-state index contributed by atoms with van der Waals surface area (Å²) in [6, 6.07) is 6.73. The minimum Gasteiger partial charge on any atom is -0.353 e. The maximum absolute atomic E-state index is 14.2. The largest absolute Gasteiger partial charge is 0.353 e. The average molecular weight is 395 g/mol. The number of benzene rings is 1. The number of aromatic nitrogens is 1. The van der Waals surface area contributed by atoms with E-state index in [1.807, 2.05) is 11.8 Å². The van der Waals surface area contributed by atoms with Crippen LogP contribution in [0.3, 0.4) is 0 Å². The highest BCUT2D eigenvalue weighted by Crippen LogP contribution is 2.30. The van der Waals surface area contributed by atoms with Gasteiger partial charge < -0.3 is 4.90 Å². The summed E-state index contributed by atoms with van der Waals surface area (Å²) < 4.78 is 51.5. The van der Waals surface area contributed by atoms with Gasteiger partial charge in [-0.1, -0.05) is 13.0 Å². The van der Waals surface area contributed by atoms with Crippen LogP contribution in [-0.4, -0.2) is 50.7 Å². The first kappa shape index (κ1) is 19.7. The van der Waals surface area contributed by atoms with Crippen LogP contribution in [0.1, 0.15) is 24.9 Å². The molecular weight excluding hydrogens is 372 g/mol. The van der Waals surface area contributed by atoms with Gasteiger partial charge in [0.1, 0.15) is 22.3 Å². The monoisotopic (exact) mass is 395 g/mol. The Balaban J connectivity index is 1.77. The second kappa shape index (κ2) is 7.90. The summed E-state index contributed by atoms with van der Waals surface area (Å²) in [4.78, 5) is 8.58. The zero-order chi connectivity index (χ0) is 19.6. The molecule has 1 aromatic heterocycles. The summed E-state index contributed by atoms with van der Waals surface area (Å²) in [7, 11) is -3.37. The van der Waals surface area contributed by atoms with E-state index in [-0.39, 0.29) is 10.9 Å². The molecule has 0 bridgehead atoms. The smallest absolute Gasteiger partial charge is 0.179 e. The van der Waals surface area contributed by atoms with Crippen LogP contribution in [-0.2, 0) is 9.84 Å². The first-order chi connectivity index (χ1) is 12.8. The number of hydrogen-bond donors (Lipinski definition) is 0. The van der Waals surface area contributed by atoms with Crippen molar-refractivity contribution in [1.29, 1.82) is 0 Å². The Hall–Kier alpha value is -2.06. The maximum atomic E-state index is 14.2. The van der Waals surface area contributed by atoms with Gasteiger partial charge in [-0.3, -0.25) is 4.90 Å². The fourth-order valence-corrected chi connectivity index (χ4v) is 4.44. The highest BCUT2D eigenvalue weighted by molar-refractivity contribution is 7.90. The fraction of sp³-hybridized carbons (Fsp3) is 0.421. The Labute approximate surface area is 158 Å². The summed E-state index contributed by atoms with van der Waals surface area (Å²) >= 11 is 0. The second-order valence-electron chi connectivity index (χ2n) is 6.71. The zero-order valence-corrected chi connectivity index (χ0v) is 16.2. The van der Waals surface area contributed by atoms with E-state index in [1.165, 1.54) is 18.4 Å². The van der Waals surface area contributed by atoms with Gasteiger partial charge >= 0.3 is 0 Å². The number of rotatable bonds is 5. The molecule has 1 aliphatic rings. The predicted octanol–water partition coefficient (Wildman–Crippen LogP) is 3.04. The van der Waals surface area contributed by atoms with Crippen LogP contribution in [0.5, 0.6) is 0 Å². The predicted molar refractivity (Wildman–Crippen MR) is 101 cm³/mol. The lowest BCUT2D eigenvalue weighted by atomic mass is 10.0. The van der Waals surface area contributed by atoms with E-state index in [2.05, 4.69) is 9.88 Å². The van der Waals surface area contributed by atoms with Gasteiger partial charge in [0.05, 0.1) is 0 Å². The average Bonchev–Trinajstić information content (AvgIpc) is 2.64. The molecule has 8 heteroatoms. The van der Waals surface area contributed by atoms with Crippen molar-refractivity contribution in [2.45, 2.75) is 24.3 Å². The fourth-order valence-electron chi connectivity index (χ4n) is 3.60. The SMILES string of the molecule is CCC(c1ccc(F)cc1F)N1CCN(c2ncccc2S(C)(=O)=O)CC1. The molecule has 5 nitrogen and oxygen atoms in total. The minimum atomic E-state index is -3.37. The second-order valence-corrected chi connectivity index (χ2v) is 8.69. The van der Waals surface area contributed by atoms with Crippen molar-refractivity contribution in [2.75, 3.05) is 37.3 Å². The van der Waals surface area contributed by atoms with Crippen molar-refractivity contribution in [1.82, 2.24) is 9.88 Å². The van der Waals surface area contributed by atoms with E-state index in [1.54, 1.807) is 18.3 Å². The molecular formula is C19H23F2N3O2S. The maximum Gasteiger partial charge on any atom is 0.179 e. The van der Waals surface area contributed by atoms with Gasteiger partial charge in [0.2, 0.25) is 0 Å². The standard InChI is InChI=1S/C19H23F2N3O2S/c1-3-17(15-7-6-14(20)13-16(15)21)23-9-11-24(12-10-23)19-18(27(2,25)26)5-4-8-22-19/h4-8,13,17H,3,9-12H2,1-2H3. The summed E-state index contributed by atoms with van der Waals surface area (Å²) in [5.41, 5.74) is 0.488. The molecule has 146 valence electrons. The van der Waals surface area contributed by atoms with Crippen LogP contribution >= 0.6 is 0 Å². The minimum absolute atomic E-state index is 0.147. The molecule has 0 amide bonds. The lowest BCUT2D eigenvalue weighted by molar-refractivity contribution is 0.177. The highest BCUT2D eigenvalue weighted by atomic mass is 32.2. The van der Waals surface area contributed by atoms with Crippen molar-refractivity contribution in [2.24, 2.45) is 0 Å². The summed E-state index contributed by atoms with van der Waals surface area (Å²) in [6.45, 7) is 4.41. The number of sulfone groups is 1. The topological polar surface area (TPSA) is 53.5 Å². The lowest BCUT2D eigenvalue weighted by Crippen LogP contribution is -2.48. The Morgan fingerprint density at radius 1 is 1.15 bits per heavy atom. The molecule has 1 aromatic carbocycles. The van der Waals surface area contributed by atoms with Crippen molar-refractivity contribution >= 4 is 15.7 Å². The van der Waals surface area contributed by atoms with Crippen LogP contribution in [0.2, 0.25) is 0 Å². The quantitative estimate of drug-likeness (QED) is 0.779. The van der Waals surface area contributed by atoms with E-state index < -0.39 is 21.5 Å². The van der Waals surface area contributed by atoms with E-state index in [4.69, 9.17) is 0 Å². The molecule has 27 heavy (non-hydrogen) atoms. The molecule has 3 rings (SSSR count). The molecule has 0 aliphatic carbocycles. The molecule has 0 spiro atoms. The molecule has 2 heterocycles. The van der Waals surface area contributed by atoms with Gasteiger partial charge in [0, 0.05) is 56.3 Å². The van der Waals surface area contributed by atoms with Gasteiger partial charge in [-0.05, 0) is 24.6 Å². The number of anilines is 1. The molecule has 2 aromatic rings. The van der Waals surface area contributed by atoms with Gasteiger partial charge in [-0.25, -0.2) is 22.2 Å². The number of halogens is 2. The van der Waals surface area contributed by atoms with Crippen molar-refractivity contribution in [3.8, 4) is 0 Å². The Morgan fingerprint density at radius 3 is 2.44 bits per heavy atom. The first-order valence-electron chi connectivity index (χ1n) is 8.90. The third-order valence-corrected chi connectivity index (χ3v) is 6.03. The van der Waals surface area contributed by atoms with Gasteiger partial charge in [0.15, 0.2) is 9.84 Å². The molecule has 1 aliphatic heterocycles. The van der Waals surface area contributed by atoms with Crippen LogP contribution in [0.4, 0.5) is 14.6 Å². The van der Waals surface area contributed by atoms with Crippen molar-refractivity contribution in [3.63, 3.8) is 0 Å². The highest BCUT2D eigenvalue weighted by Gasteiger charge is 2.28. The number of pyridine rings is 1. The molecule has 1 saturated heterocycles. The van der Waals surface area contributed by atoms with Crippen LogP contribution in [0, 0.1) is 11.6 Å². The van der Waals surface area contributed by atoms with E-state index in [0.717, 1.165) is 6.07 Å². The number of hydrogen-bond acceptors (Lipinski definition) is 5. The Kier molecular flexibility index (Phi) is 5.76. The third kappa shape index (κ3) is 4.27. The van der Waals surface area contributed by atoms with Crippen LogP contribution < -0.4 is 4.90 Å². The first-order valence-corrected chi connectivity index (χ1v) is 10.8. The van der Waals surface area contributed by atoms with Crippen LogP contribution in [0.15, 0.2) is 41.4 Å². The van der Waals surface area contributed by atoms with Gasteiger partial charge in [0.25, 0.3) is 0 Å². The normalized spacial score (nSPS) is 17.1. The Bertz CT molecular complexity index is 913. The van der Waals surface area contributed by atoms with Crippen molar-refractivity contribution in [3.05, 3.63) is 53.7 Å². The molecule has 0 radical (unpaired) electrons. The molecule has 1 unspecified atom stereocenters. The molecule has 1 atom stereocenters. The molecule has 0 saturated carbocycles. The van der Waals surface area contributed by atoms with E-state index in [0.29, 0.717) is 44.0 Å². The lowest BCUT2D eigenvalue weighted by Gasteiger charge is -2.40. The van der Waals surface area contributed by atoms with Crippen molar-refractivity contribution < 1.29 is 17.2 Å². The van der Waals surface area contributed by atoms with E-state index in [9.17, 15) is 17.2 Å².